The Hall–Kier alpha value is -11.5. The van der Waals surface area contributed by atoms with Gasteiger partial charge in [-0.2, -0.15) is 24.4 Å². The van der Waals surface area contributed by atoms with Crippen LogP contribution in [0.1, 0.15) is 164 Å². The fourth-order valence-corrected chi connectivity index (χ4v) is 14.3. The number of amides is 15. The van der Waals surface area contributed by atoms with Gasteiger partial charge in [0.2, 0.25) is 88.6 Å². The number of likely N-dealkylation sites (tertiary alicyclic amines) is 1. The summed E-state index contributed by atoms with van der Waals surface area (Å²) in [7, 11) is 0. The van der Waals surface area contributed by atoms with E-state index in [-0.39, 0.29) is 94.1 Å². The first-order valence-electron chi connectivity index (χ1n) is 42.3. The van der Waals surface area contributed by atoms with Gasteiger partial charge in [-0.15, -0.1) is 0 Å². The molecule has 18 atom stereocenters. The van der Waals surface area contributed by atoms with Gasteiger partial charge in [-0.1, -0.05) is 125 Å². The zero-order valence-electron chi connectivity index (χ0n) is 73.9. The number of nitrogens with zero attached hydrogens (tertiary/aromatic N) is 2. The van der Waals surface area contributed by atoms with Crippen molar-refractivity contribution in [1.82, 2.24) is 89.3 Å². The van der Waals surface area contributed by atoms with Crippen molar-refractivity contribution in [2.75, 3.05) is 30.9 Å². The van der Waals surface area contributed by atoms with Crippen molar-refractivity contribution in [3.8, 4) is 5.75 Å². The van der Waals surface area contributed by atoms with Crippen LogP contribution in [-0.4, -0.2) is 274 Å². The Bertz CT molecular complexity index is 4220. The van der Waals surface area contributed by atoms with Gasteiger partial charge in [-0.25, -0.2) is 9.78 Å². The number of aliphatic carboxylic acids is 3. The van der Waals surface area contributed by atoms with Gasteiger partial charge in [-0.05, 0) is 117 Å². The summed E-state index contributed by atoms with van der Waals surface area (Å²) in [6.07, 6.45) is 1.15. The molecule has 1 saturated heterocycles. The summed E-state index contributed by atoms with van der Waals surface area (Å²) in [6.45, 7) is 18.2. The van der Waals surface area contributed by atoms with Gasteiger partial charge in [0.15, 0.2) is 0 Å². The van der Waals surface area contributed by atoms with Crippen LogP contribution in [0.5, 0.6) is 5.75 Å². The molecular weight excluding hydrogens is 1690 g/mol. The highest BCUT2D eigenvalue weighted by Gasteiger charge is 2.44. The topological polar surface area (TPSA) is 635 Å². The van der Waals surface area contributed by atoms with E-state index in [4.69, 9.17) is 5.73 Å². The number of aliphatic hydroxyl groups is 1. The van der Waals surface area contributed by atoms with Crippen molar-refractivity contribution in [3.05, 3.63) is 83.9 Å². The number of hydrogen-bond donors (Lipinski definition) is 22. The Balaban J connectivity index is 1.56. The van der Waals surface area contributed by atoms with Crippen LogP contribution >= 0.6 is 24.4 Å². The number of nitrogens with two attached hydrogens (primary N) is 1. The smallest absolute Gasteiger partial charge is 0.326 e. The van der Waals surface area contributed by atoms with E-state index in [0.29, 0.717) is 22.6 Å². The fourth-order valence-electron chi connectivity index (χ4n) is 13.5. The third kappa shape index (κ3) is 36.4. The maximum absolute atomic E-state index is 15.0. The number of benzene rings is 2. The zero-order valence-corrected chi connectivity index (χ0v) is 75.6. The standard InChI is InChI=1S/C84H128N18O23S2/c1-14-45(9)67(100-78(118)62-22-19-30-102(62)83(123)59(37-65(108)109)95-80(120)66(44(7)8)98-72(112)54(27-28-64(106)107)91-71(111)53(85)29-31-127-13)79(119)87-39-63(105)90-58(36-51-38-86-41-88-51)75(115)92-55(32-42(3)4)74(114)93-57(35-50-23-25-52(104)26-24-50)76(116)99-68(46(10)15-2)81(121)94-56(34-49-20-17-16-18-21-49)73(113)89-47(11)70(110)97-61(40-126)77(117)101-69(48(12)103)82(122)96-60(84(124)125)33-43(5)6/h16-18,20-21,23-26,38,41-48,53-62,66-69,103-104,126H,14-15,19,22,27-37,39-40,85H2,1-13H3,(H,86,88)(H,87,119)(H,89,113)(H,90,105)(H,91,111)(H,92,115)(H,93,114)(H,94,121)(H,95,120)(H,96,122)(H,97,110)(H,98,112)(H,99,116)(H,100,118)(H,101,117)(H,106,107)(H,108,109)(H,124,125)/t45-,46-,47-,48+,53-,54-,55-,56-,57-,58-,59-,60-,61-,62-,66-,67-,68-,69-/m0/s1. The molecule has 704 valence electrons. The monoisotopic (exact) mass is 1820 g/mol. The Kier molecular flexibility index (Phi) is 45.8. The highest BCUT2D eigenvalue weighted by atomic mass is 32.2. The second-order valence-electron chi connectivity index (χ2n) is 32.9. The number of phenols is 1. The number of thiol groups is 1. The first kappa shape index (κ1) is 108. The van der Waals surface area contributed by atoms with Gasteiger partial charge in [0.05, 0.1) is 31.4 Å². The number of thioether (sulfide) groups is 1. The van der Waals surface area contributed by atoms with Crippen LogP contribution in [0.25, 0.3) is 0 Å². The molecule has 2 aromatic carbocycles. The summed E-state index contributed by atoms with van der Waals surface area (Å²) in [6, 6.07) is -7.91. The Morgan fingerprint density at radius 2 is 1.00 bits per heavy atom. The molecule has 15 amide bonds. The maximum atomic E-state index is 15.0. The van der Waals surface area contributed by atoms with Gasteiger partial charge in [0, 0.05) is 49.9 Å². The molecule has 1 aliphatic heterocycles. The lowest BCUT2D eigenvalue weighted by atomic mass is 9.96. The predicted molar refractivity (Wildman–Crippen MR) is 469 cm³/mol. The van der Waals surface area contributed by atoms with E-state index in [0.717, 1.165) is 4.90 Å². The van der Waals surface area contributed by atoms with E-state index in [2.05, 4.69) is 97.0 Å². The summed E-state index contributed by atoms with van der Waals surface area (Å²) < 4.78 is 0. The number of carbonyl (C=O) groups is 18. The predicted octanol–water partition coefficient (Wildman–Crippen LogP) is -1.77. The van der Waals surface area contributed by atoms with Gasteiger partial charge in [-0.3, -0.25) is 81.5 Å². The van der Waals surface area contributed by atoms with Gasteiger partial charge >= 0.3 is 17.9 Å². The third-order valence-electron chi connectivity index (χ3n) is 21.2. The lowest BCUT2D eigenvalue weighted by Crippen LogP contribution is -2.62. The lowest BCUT2D eigenvalue weighted by Gasteiger charge is -2.31. The fraction of sp³-hybridized carbons (Fsp3) is 0.607. The molecule has 41 nitrogen and oxygen atoms in total. The van der Waals surface area contributed by atoms with Crippen molar-refractivity contribution < 1.29 is 112 Å². The molecule has 1 fully saturated rings. The van der Waals surface area contributed by atoms with Crippen molar-refractivity contribution >= 4 is 131 Å². The molecule has 0 saturated carbocycles. The van der Waals surface area contributed by atoms with Crippen LogP contribution in [0.3, 0.4) is 0 Å². The molecule has 4 rings (SSSR count). The number of carboxylic acid groups (broad SMARTS) is 3. The minimum atomic E-state index is -1.83. The Morgan fingerprint density at radius 1 is 0.520 bits per heavy atom. The molecule has 1 aromatic heterocycles. The molecular formula is C84H128N18O23S2. The molecule has 0 aliphatic carbocycles. The van der Waals surface area contributed by atoms with E-state index < -0.39 is 247 Å². The molecule has 22 N–H and O–H groups in total. The number of hydrogen-bond acceptors (Lipinski definition) is 24. The highest BCUT2D eigenvalue weighted by molar-refractivity contribution is 7.98. The number of phenolic OH excluding ortho intramolecular Hbond substituents is 1. The maximum Gasteiger partial charge on any atom is 0.326 e. The van der Waals surface area contributed by atoms with Crippen molar-refractivity contribution in [1.29, 1.82) is 0 Å². The number of rotatable bonds is 55. The van der Waals surface area contributed by atoms with E-state index in [1.807, 2.05) is 0 Å². The van der Waals surface area contributed by atoms with Crippen molar-refractivity contribution in [3.63, 3.8) is 0 Å². The summed E-state index contributed by atoms with van der Waals surface area (Å²) in [4.78, 5) is 256. The number of aromatic nitrogens is 2. The number of carboxylic acids is 3. The van der Waals surface area contributed by atoms with Crippen LogP contribution in [0.15, 0.2) is 67.1 Å². The normalized spacial score (nSPS) is 16.5. The van der Waals surface area contributed by atoms with E-state index in [1.165, 1.54) is 76.2 Å². The van der Waals surface area contributed by atoms with Crippen LogP contribution in [0.2, 0.25) is 0 Å². The van der Waals surface area contributed by atoms with Crippen LogP contribution in [0, 0.1) is 29.6 Å². The van der Waals surface area contributed by atoms with Gasteiger partial charge in [0.1, 0.15) is 90.3 Å². The number of nitrogens with one attached hydrogen (secondary N) is 15. The second-order valence-corrected chi connectivity index (χ2v) is 34.3. The average molecular weight is 1820 g/mol. The molecule has 2 heterocycles. The number of aromatic amines is 1. The molecule has 0 unspecified atom stereocenters. The van der Waals surface area contributed by atoms with Gasteiger partial charge in [0.25, 0.3) is 0 Å². The molecule has 127 heavy (non-hydrogen) atoms. The van der Waals surface area contributed by atoms with Crippen molar-refractivity contribution in [2.45, 2.75) is 263 Å². The summed E-state index contributed by atoms with van der Waals surface area (Å²) in [5.41, 5.74) is 7.28. The number of aromatic hydroxyl groups is 1. The number of carbonyl (C=O) groups excluding carboxylic acids is 15. The van der Waals surface area contributed by atoms with Crippen LogP contribution < -0.4 is 80.2 Å². The zero-order chi connectivity index (χ0) is 95.2. The third-order valence-corrected chi connectivity index (χ3v) is 22.2. The van der Waals surface area contributed by atoms with Gasteiger partial charge < -0.3 is 116 Å². The summed E-state index contributed by atoms with van der Waals surface area (Å²) in [5, 5.41) is 85.6. The molecule has 43 heteroatoms. The SMILES string of the molecule is CC[C@H](C)[C@H](NC(=O)[C@H](Cc1ccc(O)cc1)NC(=O)[C@H](CC(C)C)NC(=O)[C@H](Cc1cnc[nH]1)NC(=O)CNC(=O)[C@@H](NC(=O)[C@@H]1CCCN1C(=O)[C@H](CC(=O)O)NC(=O)[C@@H](NC(=O)[C@H](CCC(=O)O)NC(=O)[C@@H](N)CCSC)C(C)C)[C@@H](C)CC)C(=O)N[C@@H](Cc1ccccc1)C(=O)N[C@@H](C)C(=O)N[C@@H](CS)C(=O)N[C@H](C(=O)N[C@@H](CC(C)C)C(=O)O)[C@@H](C)O. The average Bonchev–Trinajstić information content (AvgIpc) is 1.72. The van der Waals surface area contributed by atoms with Crippen LogP contribution in [-0.2, 0) is 106 Å². The molecule has 3 aromatic rings. The van der Waals surface area contributed by atoms with Crippen LogP contribution in [0.4, 0.5) is 0 Å². The second kappa shape index (κ2) is 53.9. The Labute approximate surface area is 747 Å². The summed E-state index contributed by atoms with van der Waals surface area (Å²) >= 11 is 5.62. The first-order chi connectivity index (χ1) is 59.8. The number of imidazole rings is 1. The lowest BCUT2D eigenvalue weighted by molar-refractivity contribution is -0.146. The van der Waals surface area contributed by atoms with E-state index >= 15 is 4.79 Å². The van der Waals surface area contributed by atoms with E-state index in [9.17, 15) is 107 Å². The largest absolute Gasteiger partial charge is 0.508 e. The number of aliphatic hydroxyl groups excluding tert-OH is 1. The molecule has 1 aliphatic rings. The minimum Gasteiger partial charge on any atom is -0.508 e. The number of H-pyrrole nitrogens is 1. The quantitative estimate of drug-likeness (QED) is 0.0278. The van der Waals surface area contributed by atoms with Crippen molar-refractivity contribution in [2.24, 2.45) is 35.3 Å². The summed E-state index contributed by atoms with van der Waals surface area (Å²) in [5.74, 6) is -20.7. The minimum absolute atomic E-state index is 0.0119. The molecule has 0 spiro atoms. The highest BCUT2D eigenvalue weighted by Crippen LogP contribution is 2.23. The first-order valence-corrected chi connectivity index (χ1v) is 44.4. The molecule has 0 bridgehead atoms. The van der Waals surface area contributed by atoms with E-state index in [1.54, 1.807) is 92.0 Å². The molecule has 0 radical (unpaired) electrons. The Morgan fingerprint density at radius 3 is 1.54 bits per heavy atom.